The first-order chi connectivity index (χ1) is 11.5. The Hall–Kier alpha value is -1.40. The van der Waals surface area contributed by atoms with Gasteiger partial charge in [0.25, 0.3) is 0 Å². The van der Waals surface area contributed by atoms with E-state index in [9.17, 15) is 9.59 Å². The zero-order valence-electron chi connectivity index (χ0n) is 14.4. The van der Waals surface area contributed by atoms with Crippen LogP contribution < -0.4 is 10.6 Å². The summed E-state index contributed by atoms with van der Waals surface area (Å²) < 4.78 is 0.975. The summed E-state index contributed by atoms with van der Waals surface area (Å²) in [6, 6.07) is 5.69. The molecular weight excluding hydrogens is 370 g/mol. The second kappa shape index (κ2) is 9.18. The van der Waals surface area contributed by atoms with Gasteiger partial charge in [-0.05, 0) is 69.0 Å². The molecule has 1 aliphatic rings. The number of carbonyl (C=O) groups excluding carboxylic acids is 2. The standard InChI is InChI=1S/C18H26BrN3O2/c1-13-11-15(19)4-5-16(13)21-17(23)12-22(2)18(24)6-3-14-7-9-20-10-8-14/h4-5,11,14,20H,3,6-10,12H2,1-2H3,(H,21,23). The smallest absolute Gasteiger partial charge is 0.243 e. The summed E-state index contributed by atoms with van der Waals surface area (Å²) in [4.78, 5) is 25.9. The van der Waals surface area contributed by atoms with Crippen LogP contribution in [0.4, 0.5) is 5.69 Å². The lowest BCUT2D eigenvalue weighted by Gasteiger charge is -2.23. The quantitative estimate of drug-likeness (QED) is 0.778. The van der Waals surface area contributed by atoms with E-state index in [2.05, 4.69) is 26.6 Å². The number of aryl methyl sites for hydroxylation is 1. The van der Waals surface area contributed by atoms with Gasteiger partial charge < -0.3 is 15.5 Å². The van der Waals surface area contributed by atoms with Crippen LogP contribution in [0.3, 0.4) is 0 Å². The largest absolute Gasteiger partial charge is 0.336 e. The highest BCUT2D eigenvalue weighted by Crippen LogP contribution is 2.20. The number of nitrogens with zero attached hydrogens (tertiary/aromatic N) is 1. The Kier molecular flexibility index (Phi) is 7.24. The van der Waals surface area contributed by atoms with Crippen molar-refractivity contribution in [2.45, 2.75) is 32.6 Å². The molecule has 2 amide bonds. The minimum absolute atomic E-state index is 0.0382. The van der Waals surface area contributed by atoms with Crippen LogP contribution in [0.15, 0.2) is 22.7 Å². The van der Waals surface area contributed by atoms with Crippen LogP contribution in [0.2, 0.25) is 0 Å². The third-order valence-electron chi connectivity index (χ3n) is 4.49. The average Bonchev–Trinajstić information content (AvgIpc) is 2.56. The van der Waals surface area contributed by atoms with Crippen LogP contribution in [-0.2, 0) is 9.59 Å². The number of benzene rings is 1. The van der Waals surface area contributed by atoms with Gasteiger partial charge in [-0.15, -0.1) is 0 Å². The van der Waals surface area contributed by atoms with E-state index < -0.39 is 0 Å². The van der Waals surface area contributed by atoms with E-state index in [4.69, 9.17) is 0 Å². The second-order valence-corrected chi connectivity index (χ2v) is 7.40. The van der Waals surface area contributed by atoms with Crippen molar-refractivity contribution in [3.63, 3.8) is 0 Å². The molecule has 2 rings (SSSR count). The molecule has 0 atom stereocenters. The first kappa shape index (κ1) is 18.9. The number of likely N-dealkylation sites (N-methyl/N-ethyl adjacent to an activating group) is 1. The Bertz CT molecular complexity index is 586. The third-order valence-corrected chi connectivity index (χ3v) is 4.99. The van der Waals surface area contributed by atoms with Gasteiger partial charge >= 0.3 is 0 Å². The number of piperidine rings is 1. The summed E-state index contributed by atoms with van der Waals surface area (Å²) in [7, 11) is 1.69. The van der Waals surface area contributed by atoms with E-state index in [-0.39, 0.29) is 18.4 Å². The topological polar surface area (TPSA) is 61.4 Å². The maximum Gasteiger partial charge on any atom is 0.243 e. The van der Waals surface area contributed by atoms with Crippen LogP contribution >= 0.6 is 15.9 Å². The van der Waals surface area contributed by atoms with Crippen molar-refractivity contribution >= 4 is 33.4 Å². The Labute approximate surface area is 152 Å². The molecule has 5 nitrogen and oxygen atoms in total. The molecule has 0 bridgehead atoms. The molecule has 0 spiro atoms. The number of nitrogens with one attached hydrogen (secondary N) is 2. The lowest BCUT2D eigenvalue weighted by Crippen LogP contribution is -2.35. The lowest BCUT2D eigenvalue weighted by atomic mass is 9.93. The fourth-order valence-corrected chi connectivity index (χ4v) is 3.43. The van der Waals surface area contributed by atoms with E-state index >= 15 is 0 Å². The monoisotopic (exact) mass is 395 g/mol. The minimum Gasteiger partial charge on any atom is -0.336 e. The molecule has 6 heteroatoms. The van der Waals surface area contributed by atoms with Crippen molar-refractivity contribution in [1.82, 2.24) is 10.2 Å². The van der Waals surface area contributed by atoms with Crippen molar-refractivity contribution in [1.29, 1.82) is 0 Å². The first-order valence-electron chi connectivity index (χ1n) is 8.46. The summed E-state index contributed by atoms with van der Waals surface area (Å²) in [5.41, 5.74) is 1.76. The van der Waals surface area contributed by atoms with Crippen LogP contribution in [0, 0.1) is 12.8 Å². The van der Waals surface area contributed by atoms with Crippen LogP contribution in [-0.4, -0.2) is 43.4 Å². The Morgan fingerprint density at radius 1 is 1.33 bits per heavy atom. The molecule has 0 radical (unpaired) electrons. The van der Waals surface area contributed by atoms with Crippen molar-refractivity contribution in [2.24, 2.45) is 5.92 Å². The van der Waals surface area contributed by atoms with E-state index in [0.29, 0.717) is 12.3 Å². The number of anilines is 1. The number of carbonyl (C=O) groups is 2. The van der Waals surface area contributed by atoms with E-state index in [1.807, 2.05) is 25.1 Å². The van der Waals surface area contributed by atoms with Crippen molar-refractivity contribution in [3.8, 4) is 0 Å². The fourth-order valence-electron chi connectivity index (χ4n) is 2.95. The highest BCUT2D eigenvalue weighted by atomic mass is 79.9. The van der Waals surface area contributed by atoms with Gasteiger partial charge in [-0.3, -0.25) is 9.59 Å². The Morgan fingerprint density at radius 2 is 2.04 bits per heavy atom. The van der Waals surface area contributed by atoms with Crippen LogP contribution in [0.5, 0.6) is 0 Å². The van der Waals surface area contributed by atoms with Crippen molar-refractivity contribution in [2.75, 3.05) is 32.0 Å². The predicted molar refractivity (Wildman–Crippen MR) is 100.0 cm³/mol. The Morgan fingerprint density at radius 3 is 2.71 bits per heavy atom. The molecule has 1 fully saturated rings. The second-order valence-electron chi connectivity index (χ2n) is 6.49. The molecule has 132 valence electrons. The summed E-state index contributed by atoms with van der Waals surface area (Å²) in [6.07, 6.45) is 3.71. The highest BCUT2D eigenvalue weighted by molar-refractivity contribution is 9.10. The lowest BCUT2D eigenvalue weighted by molar-refractivity contribution is -0.133. The molecule has 0 aliphatic carbocycles. The third kappa shape index (κ3) is 5.91. The van der Waals surface area contributed by atoms with Gasteiger partial charge in [0.1, 0.15) is 0 Å². The molecule has 24 heavy (non-hydrogen) atoms. The zero-order valence-corrected chi connectivity index (χ0v) is 16.0. The summed E-state index contributed by atoms with van der Waals surface area (Å²) in [6.45, 7) is 4.11. The maximum atomic E-state index is 12.2. The van der Waals surface area contributed by atoms with E-state index in [1.54, 1.807) is 7.05 Å². The molecule has 1 aromatic carbocycles. The average molecular weight is 396 g/mol. The van der Waals surface area contributed by atoms with Gasteiger partial charge in [0.2, 0.25) is 11.8 Å². The summed E-state index contributed by atoms with van der Waals surface area (Å²) >= 11 is 3.40. The molecule has 1 saturated heterocycles. The number of halogens is 1. The van der Waals surface area contributed by atoms with E-state index in [1.165, 1.54) is 4.90 Å². The molecule has 0 saturated carbocycles. The SMILES string of the molecule is Cc1cc(Br)ccc1NC(=O)CN(C)C(=O)CCC1CCNCC1. The van der Waals surface area contributed by atoms with Crippen LogP contribution in [0.1, 0.15) is 31.2 Å². The van der Waals surface area contributed by atoms with E-state index in [0.717, 1.165) is 48.1 Å². The number of amides is 2. The molecule has 0 unspecified atom stereocenters. The van der Waals surface area contributed by atoms with Gasteiger partial charge in [0, 0.05) is 23.6 Å². The normalized spacial score (nSPS) is 15.1. The molecule has 2 N–H and O–H groups in total. The summed E-state index contributed by atoms with van der Waals surface area (Å²) in [5.74, 6) is 0.497. The minimum atomic E-state index is -0.168. The molecular formula is C18H26BrN3O2. The van der Waals surface area contributed by atoms with Crippen molar-refractivity contribution < 1.29 is 9.59 Å². The Balaban J connectivity index is 1.76. The first-order valence-corrected chi connectivity index (χ1v) is 9.25. The molecule has 1 aromatic rings. The molecule has 1 aliphatic heterocycles. The fraction of sp³-hybridized carbons (Fsp3) is 0.556. The number of rotatable bonds is 6. The van der Waals surface area contributed by atoms with Gasteiger partial charge in [-0.1, -0.05) is 15.9 Å². The highest BCUT2D eigenvalue weighted by Gasteiger charge is 2.18. The summed E-state index contributed by atoms with van der Waals surface area (Å²) in [5, 5.41) is 6.20. The van der Waals surface area contributed by atoms with Gasteiger partial charge in [-0.25, -0.2) is 0 Å². The maximum absolute atomic E-state index is 12.2. The van der Waals surface area contributed by atoms with Crippen molar-refractivity contribution in [3.05, 3.63) is 28.2 Å². The predicted octanol–water partition coefficient (Wildman–Crippen LogP) is 2.93. The number of hydrogen-bond acceptors (Lipinski definition) is 3. The molecule has 0 aromatic heterocycles. The van der Waals surface area contributed by atoms with Gasteiger partial charge in [0.05, 0.1) is 6.54 Å². The van der Waals surface area contributed by atoms with Gasteiger partial charge in [0.15, 0.2) is 0 Å². The van der Waals surface area contributed by atoms with Crippen LogP contribution in [0.25, 0.3) is 0 Å². The zero-order chi connectivity index (χ0) is 17.5. The van der Waals surface area contributed by atoms with Gasteiger partial charge in [-0.2, -0.15) is 0 Å². The molecule has 1 heterocycles. The number of hydrogen-bond donors (Lipinski definition) is 2.